The summed E-state index contributed by atoms with van der Waals surface area (Å²) in [6.45, 7) is 3.68. The summed E-state index contributed by atoms with van der Waals surface area (Å²) in [6, 6.07) is 7.96. The van der Waals surface area contributed by atoms with Gasteiger partial charge >= 0.3 is 0 Å². The minimum absolute atomic E-state index is 0.865. The first-order valence-corrected chi connectivity index (χ1v) is 3.61. The molecular formula is C10H12O. The van der Waals surface area contributed by atoms with Gasteiger partial charge in [0.15, 0.2) is 0 Å². The highest BCUT2D eigenvalue weighted by Gasteiger charge is 1.96. The summed E-state index contributed by atoms with van der Waals surface area (Å²) in [5, 5.41) is 0. The van der Waals surface area contributed by atoms with E-state index in [4.69, 9.17) is 4.74 Å². The number of methoxy groups -OCH3 is 1. The summed E-state index contributed by atoms with van der Waals surface area (Å²) in [4.78, 5) is 0. The number of allylic oxidation sites excluding steroid dienone is 1. The topological polar surface area (TPSA) is 9.23 Å². The van der Waals surface area contributed by atoms with Gasteiger partial charge in [0.05, 0.1) is 7.11 Å². The van der Waals surface area contributed by atoms with Gasteiger partial charge in [-0.15, -0.1) is 6.58 Å². The normalized spacial score (nSPS) is 9.18. The van der Waals surface area contributed by atoms with E-state index < -0.39 is 0 Å². The Hall–Kier alpha value is -1.24. The first-order valence-electron chi connectivity index (χ1n) is 3.61. The standard InChI is InChI=1S/C10H12O/c1-3-6-9-7-4-5-8-10(9)11-2/h3-5,7-8H,1,6H2,2H3. The second-order valence-corrected chi connectivity index (χ2v) is 2.30. The smallest absolute Gasteiger partial charge is 0.122 e. The van der Waals surface area contributed by atoms with E-state index in [1.807, 2.05) is 30.3 Å². The number of hydrogen-bond donors (Lipinski definition) is 0. The van der Waals surface area contributed by atoms with Crippen molar-refractivity contribution in [1.82, 2.24) is 0 Å². The summed E-state index contributed by atoms with van der Waals surface area (Å²) < 4.78 is 5.15. The summed E-state index contributed by atoms with van der Waals surface area (Å²) >= 11 is 0. The van der Waals surface area contributed by atoms with Crippen LogP contribution in [0.15, 0.2) is 36.9 Å². The van der Waals surface area contributed by atoms with Gasteiger partial charge < -0.3 is 4.74 Å². The molecular weight excluding hydrogens is 136 g/mol. The van der Waals surface area contributed by atoms with Crippen LogP contribution in [-0.4, -0.2) is 7.11 Å². The van der Waals surface area contributed by atoms with Gasteiger partial charge in [0, 0.05) is 0 Å². The Morgan fingerprint density at radius 2 is 2.18 bits per heavy atom. The lowest BCUT2D eigenvalue weighted by atomic mass is 10.1. The van der Waals surface area contributed by atoms with Crippen molar-refractivity contribution in [3.8, 4) is 5.75 Å². The second kappa shape index (κ2) is 3.81. The highest BCUT2D eigenvalue weighted by molar-refractivity contribution is 5.34. The van der Waals surface area contributed by atoms with E-state index in [9.17, 15) is 0 Å². The third-order valence-corrected chi connectivity index (χ3v) is 1.56. The molecule has 0 atom stereocenters. The molecule has 0 aromatic heterocycles. The highest BCUT2D eigenvalue weighted by Crippen LogP contribution is 2.17. The average Bonchev–Trinajstić information content (AvgIpc) is 2.06. The zero-order chi connectivity index (χ0) is 8.10. The molecule has 0 saturated carbocycles. The van der Waals surface area contributed by atoms with Gasteiger partial charge in [-0.05, 0) is 18.1 Å². The Morgan fingerprint density at radius 1 is 1.45 bits per heavy atom. The van der Waals surface area contributed by atoms with Crippen LogP contribution in [-0.2, 0) is 6.42 Å². The number of ether oxygens (including phenoxy) is 1. The molecule has 0 amide bonds. The molecule has 0 spiro atoms. The molecule has 1 rings (SSSR count). The van der Waals surface area contributed by atoms with Gasteiger partial charge in [-0.1, -0.05) is 24.3 Å². The average molecular weight is 148 g/mol. The van der Waals surface area contributed by atoms with E-state index in [0.29, 0.717) is 0 Å². The zero-order valence-electron chi connectivity index (χ0n) is 6.71. The van der Waals surface area contributed by atoms with Gasteiger partial charge in [-0.3, -0.25) is 0 Å². The summed E-state index contributed by atoms with van der Waals surface area (Å²) in [7, 11) is 1.68. The molecule has 11 heavy (non-hydrogen) atoms. The van der Waals surface area contributed by atoms with E-state index in [1.165, 1.54) is 5.56 Å². The van der Waals surface area contributed by atoms with Crippen LogP contribution < -0.4 is 4.74 Å². The maximum atomic E-state index is 5.15. The molecule has 0 aliphatic rings. The number of hydrogen-bond acceptors (Lipinski definition) is 1. The molecule has 1 aromatic carbocycles. The van der Waals surface area contributed by atoms with Crippen LogP contribution in [0.2, 0.25) is 0 Å². The maximum absolute atomic E-state index is 5.15. The van der Waals surface area contributed by atoms with Gasteiger partial charge in [0.25, 0.3) is 0 Å². The van der Waals surface area contributed by atoms with Crippen LogP contribution in [0, 0.1) is 0 Å². The van der Waals surface area contributed by atoms with Crippen molar-refractivity contribution in [2.75, 3.05) is 7.11 Å². The van der Waals surface area contributed by atoms with Crippen LogP contribution in [0.5, 0.6) is 5.75 Å². The lowest BCUT2D eigenvalue weighted by Gasteiger charge is -2.04. The molecule has 58 valence electrons. The third-order valence-electron chi connectivity index (χ3n) is 1.56. The molecule has 0 radical (unpaired) electrons. The number of para-hydroxylation sites is 1. The number of benzene rings is 1. The Labute approximate surface area is 67.3 Å². The molecule has 0 N–H and O–H groups in total. The Balaban J connectivity index is 2.92. The molecule has 0 heterocycles. The Morgan fingerprint density at radius 3 is 2.82 bits per heavy atom. The molecule has 0 saturated heterocycles. The van der Waals surface area contributed by atoms with E-state index in [1.54, 1.807) is 7.11 Å². The summed E-state index contributed by atoms with van der Waals surface area (Å²) in [6.07, 6.45) is 2.74. The Bertz CT molecular complexity index is 240. The van der Waals surface area contributed by atoms with Crippen LogP contribution in [0.4, 0.5) is 0 Å². The van der Waals surface area contributed by atoms with Gasteiger partial charge in [0.2, 0.25) is 0 Å². The fraction of sp³-hybridized carbons (Fsp3) is 0.200. The van der Waals surface area contributed by atoms with Crippen molar-refractivity contribution in [3.05, 3.63) is 42.5 Å². The third kappa shape index (κ3) is 1.84. The first kappa shape index (κ1) is 7.86. The predicted octanol–water partition coefficient (Wildman–Crippen LogP) is 2.42. The lowest BCUT2D eigenvalue weighted by Crippen LogP contribution is -1.88. The van der Waals surface area contributed by atoms with Crippen molar-refractivity contribution in [1.29, 1.82) is 0 Å². The van der Waals surface area contributed by atoms with E-state index in [2.05, 4.69) is 6.58 Å². The fourth-order valence-corrected chi connectivity index (χ4v) is 1.03. The minimum atomic E-state index is 0.865. The molecule has 0 fully saturated rings. The minimum Gasteiger partial charge on any atom is -0.496 e. The monoisotopic (exact) mass is 148 g/mol. The van der Waals surface area contributed by atoms with Crippen molar-refractivity contribution in [3.63, 3.8) is 0 Å². The molecule has 0 bridgehead atoms. The van der Waals surface area contributed by atoms with Crippen molar-refractivity contribution in [2.45, 2.75) is 6.42 Å². The zero-order valence-corrected chi connectivity index (χ0v) is 6.71. The van der Waals surface area contributed by atoms with Gasteiger partial charge in [-0.25, -0.2) is 0 Å². The first-order chi connectivity index (χ1) is 5.38. The fourth-order valence-electron chi connectivity index (χ4n) is 1.03. The van der Waals surface area contributed by atoms with Crippen LogP contribution >= 0.6 is 0 Å². The second-order valence-electron chi connectivity index (χ2n) is 2.30. The molecule has 1 heteroatoms. The van der Waals surface area contributed by atoms with Gasteiger partial charge in [0.1, 0.15) is 5.75 Å². The SMILES string of the molecule is C=CCc1ccccc1OC. The molecule has 1 nitrogen and oxygen atoms in total. The summed E-state index contributed by atoms with van der Waals surface area (Å²) in [5.74, 6) is 0.937. The van der Waals surface area contributed by atoms with Crippen molar-refractivity contribution < 1.29 is 4.74 Å². The Kier molecular flexibility index (Phi) is 2.73. The number of rotatable bonds is 3. The quantitative estimate of drug-likeness (QED) is 0.598. The maximum Gasteiger partial charge on any atom is 0.122 e. The van der Waals surface area contributed by atoms with Gasteiger partial charge in [-0.2, -0.15) is 0 Å². The molecule has 0 aliphatic heterocycles. The predicted molar refractivity (Wildman–Crippen MR) is 46.9 cm³/mol. The van der Waals surface area contributed by atoms with Crippen molar-refractivity contribution in [2.24, 2.45) is 0 Å². The molecule has 0 unspecified atom stereocenters. The largest absolute Gasteiger partial charge is 0.496 e. The van der Waals surface area contributed by atoms with Crippen LogP contribution in [0.25, 0.3) is 0 Å². The summed E-state index contributed by atoms with van der Waals surface area (Å²) in [5.41, 5.74) is 1.19. The highest BCUT2D eigenvalue weighted by atomic mass is 16.5. The van der Waals surface area contributed by atoms with E-state index in [-0.39, 0.29) is 0 Å². The molecule has 1 aromatic rings. The van der Waals surface area contributed by atoms with E-state index >= 15 is 0 Å². The van der Waals surface area contributed by atoms with E-state index in [0.717, 1.165) is 12.2 Å². The molecule has 0 aliphatic carbocycles. The van der Waals surface area contributed by atoms with Crippen molar-refractivity contribution >= 4 is 0 Å². The van der Waals surface area contributed by atoms with Crippen LogP contribution in [0.3, 0.4) is 0 Å². The van der Waals surface area contributed by atoms with Crippen LogP contribution in [0.1, 0.15) is 5.56 Å². The lowest BCUT2D eigenvalue weighted by molar-refractivity contribution is 0.410.